The molecule has 0 aromatic heterocycles. The molecule has 24 heavy (non-hydrogen) atoms. The van der Waals surface area contributed by atoms with Crippen LogP contribution in [0.2, 0.25) is 5.02 Å². The molecule has 2 aromatic rings. The van der Waals surface area contributed by atoms with Crippen molar-refractivity contribution in [1.82, 2.24) is 4.90 Å². The van der Waals surface area contributed by atoms with Crippen LogP contribution in [0.4, 0.5) is 0 Å². The summed E-state index contributed by atoms with van der Waals surface area (Å²) in [5.41, 5.74) is 8.90. The van der Waals surface area contributed by atoms with Gasteiger partial charge in [-0.2, -0.15) is 0 Å². The largest absolute Gasteiger partial charge is 0.494 e. The maximum atomic E-state index is 6.32. The number of piperidine rings is 1. The van der Waals surface area contributed by atoms with Gasteiger partial charge < -0.3 is 10.5 Å². The van der Waals surface area contributed by atoms with Gasteiger partial charge in [-0.05, 0) is 54.7 Å². The molecule has 3 rings (SSSR count). The van der Waals surface area contributed by atoms with Gasteiger partial charge in [0.25, 0.3) is 0 Å². The van der Waals surface area contributed by atoms with Gasteiger partial charge in [0.1, 0.15) is 5.75 Å². The van der Waals surface area contributed by atoms with E-state index >= 15 is 0 Å². The quantitative estimate of drug-likeness (QED) is 0.889. The molecule has 0 saturated carbocycles. The third-order valence-electron chi connectivity index (χ3n) is 4.52. The number of nitrogens with two attached hydrogens (primary N) is 1. The van der Waals surface area contributed by atoms with E-state index in [2.05, 4.69) is 35.2 Å². The fourth-order valence-corrected chi connectivity index (χ4v) is 3.71. The van der Waals surface area contributed by atoms with Crippen LogP contribution >= 0.6 is 11.6 Å². The lowest BCUT2D eigenvalue weighted by Gasteiger charge is -2.36. The Balaban J connectivity index is 1.68. The van der Waals surface area contributed by atoms with E-state index in [1.807, 2.05) is 25.1 Å². The summed E-state index contributed by atoms with van der Waals surface area (Å²) in [7, 11) is 0. The van der Waals surface area contributed by atoms with E-state index in [9.17, 15) is 0 Å². The molecule has 0 bridgehead atoms. The first kappa shape index (κ1) is 17.3. The number of halogens is 1. The highest BCUT2D eigenvalue weighted by Crippen LogP contribution is 2.29. The minimum absolute atomic E-state index is 0.203. The Morgan fingerprint density at radius 3 is 2.67 bits per heavy atom. The lowest BCUT2D eigenvalue weighted by molar-refractivity contribution is 0.181. The Morgan fingerprint density at radius 1 is 1.17 bits per heavy atom. The number of hydrogen-bond acceptors (Lipinski definition) is 3. The average molecular weight is 345 g/mol. The van der Waals surface area contributed by atoms with Crippen LogP contribution in [0.1, 0.15) is 30.4 Å². The Morgan fingerprint density at radius 2 is 1.96 bits per heavy atom. The van der Waals surface area contributed by atoms with Gasteiger partial charge in [-0.1, -0.05) is 35.9 Å². The van der Waals surface area contributed by atoms with Crippen molar-refractivity contribution in [3.63, 3.8) is 0 Å². The molecule has 0 spiro atoms. The fourth-order valence-electron chi connectivity index (χ4n) is 3.50. The molecule has 0 aliphatic carbocycles. The van der Waals surface area contributed by atoms with E-state index in [1.165, 1.54) is 11.1 Å². The molecule has 1 saturated heterocycles. The van der Waals surface area contributed by atoms with Crippen molar-refractivity contribution < 1.29 is 4.74 Å². The molecule has 1 heterocycles. The molecule has 128 valence electrons. The monoisotopic (exact) mass is 344 g/mol. The first-order valence-corrected chi connectivity index (χ1v) is 8.97. The van der Waals surface area contributed by atoms with Crippen molar-refractivity contribution >= 4 is 11.6 Å². The number of nitrogens with zero attached hydrogens (tertiary/aromatic N) is 1. The highest BCUT2D eigenvalue weighted by atomic mass is 35.5. The minimum Gasteiger partial charge on any atom is -0.494 e. The molecular formula is C20H25ClN2O. The van der Waals surface area contributed by atoms with E-state index in [4.69, 9.17) is 22.1 Å². The topological polar surface area (TPSA) is 38.5 Å². The van der Waals surface area contributed by atoms with Gasteiger partial charge >= 0.3 is 0 Å². The molecule has 1 fully saturated rings. The molecule has 2 aromatic carbocycles. The number of likely N-dealkylation sites (tertiary alicyclic amines) is 1. The van der Waals surface area contributed by atoms with Crippen LogP contribution in [0, 0.1) is 0 Å². The first-order valence-electron chi connectivity index (χ1n) is 8.59. The fraction of sp³-hybridized carbons (Fsp3) is 0.400. The molecule has 0 amide bonds. The van der Waals surface area contributed by atoms with Crippen molar-refractivity contribution in [3.05, 3.63) is 64.7 Å². The highest BCUT2D eigenvalue weighted by molar-refractivity contribution is 6.30. The van der Waals surface area contributed by atoms with Gasteiger partial charge in [0.05, 0.1) is 6.61 Å². The molecule has 3 nitrogen and oxygen atoms in total. The van der Waals surface area contributed by atoms with Crippen LogP contribution in [0.3, 0.4) is 0 Å². The van der Waals surface area contributed by atoms with Gasteiger partial charge in [0.2, 0.25) is 0 Å². The summed E-state index contributed by atoms with van der Waals surface area (Å²) in [5, 5.41) is 0.789. The summed E-state index contributed by atoms with van der Waals surface area (Å²) in [6, 6.07) is 16.7. The van der Waals surface area contributed by atoms with Crippen molar-refractivity contribution in [1.29, 1.82) is 0 Å². The lowest BCUT2D eigenvalue weighted by atomic mass is 9.88. The molecular weight excluding hydrogens is 320 g/mol. The van der Waals surface area contributed by atoms with Crippen molar-refractivity contribution in [2.24, 2.45) is 5.73 Å². The Kier molecular flexibility index (Phi) is 5.77. The number of hydrogen-bond donors (Lipinski definition) is 1. The summed E-state index contributed by atoms with van der Waals surface area (Å²) in [6.45, 7) is 5.54. The van der Waals surface area contributed by atoms with Crippen LogP contribution < -0.4 is 10.5 Å². The zero-order valence-corrected chi connectivity index (χ0v) is 14.9. The molecule has 2 N–H and O–H groups in total. The summed E-state index contributed by atoms with van der Waals surface area (Å²) >= 11 is 6.10. The van der Waals surface area contributed by atoms with Crippen LogP contribution in [-0.2, 0) is 6.54 Å². The van der Waals surface area contributed by atoms with Gasteiger partial charge in [0, 0.05) is 30.7 Å². The summed E-state index contributed by atoms with van der Waals surface area (Å²) in [4.78, 5) is 2.43. The van der Waals surface area contributed by atoms with E-state index < -0.39 is 0 Å². The second-order valence-electron chi connectivity index (χ2n) is 6.52. The molecule has 1 aliphatic rings. The van der Waals surface area contributed by atoms with Crippen molar-refractivity contribution in [2.75, 3.05) is 19.7 Å². The minimum atomic E-state index is 0.203. The maximum absolute atomic E-state index is 6.32. The standard InChI is InChI=1S/C20H25ClN2O/c1-2-24-20-8-6-16(7-9-20)17-11-19(22)14-23(13-17)12-15-4-3-5-18(21)10-15/h3-10,17,19H,2,11-14,22H2,1H3. The van der Waals surface area contributed by atoms with E-state index in [1.54, 1.807) is 0 Å². The van der Waals surface area contributed by atoms with Gasteiger partial charge in [0.15, 0.2) is 0 Å². The smallest absolute Gasteiger partial charge is 0.119 e. The second-order valence-corrected chi connectivity index (χ2v) is 6.96. The van der Waals surface area contributed by atoms with E-state index in [-0.39, 0.29) is 6.04 Å². The third kappa shape index (κ3) is 4.50. The lowest BCUT2D eigenvalue weighted by Crippen LogP contribution is -2.45. The number of rotatable bonds is 5. The van der Waals surface area contributed by atoms with E-state index in [0.29, 0.717) is 12.5 Å². The Labute approximate surface area is 149 Å². The van der Waals surface area contributed by atoms with Gasteiger partial charge in [-0.3, -0.25) is 4.90 Å². The zero-order chi connectivity index (χ0) is 16.9. The van der Waals surface area contributed by atoms with Crippen LogP contribution in [0.25, 0.3) is 0 Å². The Bertz CT molecular complexity index is 659. The summed E-state index contributed by atoms with van der Waals surface area (Å²) in [5.74, 6) is 1.39. The maximum Gasteiger partial charge on any atom is 0.119 e. The zero-order valence-electron chi connectivity index (χ0n) is 14.1. The third-order valence-corrected chi connectivity index (χ3v) is 4.75. The normalized spacial score (nSPS) is 21.6. The number of benzene rings is 2. The van der Waals surface area contributed by atoms with Crippen LogP contribution in [0.5, 0.6) is 5.75 Å². The van der Waals surface area contributed by atoms with Gasteiger partial charge in [-0.15, -0.1) is 0 Å². The highest BCUT2D eigenvalue weighted by Gasteiger charge is 2.26. The summed E-state index contributed by atoms with van der Waals surface area (Å²) < 4.78 is 5.53. The first-order chi connectivity index (χ1) is 11.6. The van der Waals surface area contributed by atoms with Crippen LogP contribution in [0.15, 0.2) is 48.5 Å². The molecule has 2 atom stereocenters. The van der Waals surface area contributed by atoms with Crippen molar-refractivity contribution in [2.45, 2.75) is 31.8 Å². The predicted molar refractivity (Wildman–Crippen MR) is 99.7 cm³/mol. The molecule has 0 radical (unpaired) electrons. The van der Waals surface area contributed by atoms with Gasteiger partial charge in [-0.25, -0.2) is 0 Å². The summed E-state index contributed by atoms with van der Waals surface area (Å²) in [6.07, 6.45) is 1.03. The van der Waals surface area contributed by atoms with Crippen LogP contribution in [-0.4, -0.2) is 30.6 Å². The predicted octanol–water partition coefficient (Wildman–Crippen LogP) is 4.06. The second kappa shape index (κ2) is 8.02. The molecule has 4 heteroatoms. The SMILES string of the molecule is CCOc1ccc(C2CC(N)CN(Cc3cccc(Cl)c3)C2)cc1. The molecule has 2 unspecified atom stereocenters. The Hall–Kier alpha value is -1.55. The average Bonchev–Trinajstić information content (AvgIpc) is 2.55. The van der Waals surface area contributed by atoms with E-state index in [0.717, 1.165) is 36.8 Å². The van der Waals surface area contributed by atoms with Crippen molar-refractivity contribution in [3.8, 4) is 5.75 Å². The number of ether oxygens (including phenoxy) is 1. The molecule has 1 aliphatic heterocycles.